The number of hydrogen-bond donors (Lipinski definition) is 1. The number of amides is 1. The van der Waals surface area contributed by atoms with Crippen LogP contribution in [0.25, 0.3) is 0 Å². The summed E-state index contributed by atoms with van der Waals surface area (Å²) in [7, 11) is 4.79. The van der Waals surface area contributed by atoms with E-state index in [1.807, 2.05) is 13.8 Å². The molecule has 1 N–H and O–H groups in total. The first kappa shape index (κ1) is 19.3. The summed E-state index contributed by atoms with van der Waals surface area (Å²) in [6.45, 7) is 5.67. The van der Waals surface area contributed by atoms with Gasteiger partial charge in [0.2, 0.25) is 5.91 Å². The number of aldehydes is 1. The third kappa shape index (κ3) is 8.47. The molecule has 116 valence electrons. The average molecular weight is 321 g/mol. The summed E-state index contributed by atoms with van der Waals surface area (Å²) in [4.78, 5) is 34.3. The first-order valence-electron chi connectivity index (χ1n) is 6.43. The van der Waals surface area contributed by atoms with Crippen molar-refractivity contribution in [2.75, 3.05) is 12.8 Å². The summed E-state index contributed by atoms with van der Waals surface area (Å²) in [6, 6.07) is -0.396. The minimum atomic E-state index is -0.789. The molecule has 0 aliphatic rings. The molecule has 0 saturated carbocycles. The third-order valence-electron chi connectivity index (χ3n) is 2.83. The van der Waals surface area contributed by atoms with E-state index >= 15 is 0 Å². The van der Waals surface area contributed by atoms with Gasteiger partial charge in [-0.25, -0.2) is 0 Å². The largest absolute Gasteiger partial charge is 0.481 e. The summed E-state index contributed by atoms with van der Waals surface area (Å²) < 4.78 is -0.131. The Balaban J connectivity index is 3.92. The van der Waals surface area contributed by atoms with Crippen molar-refractivity contribution in [3.05, 3.63) is 0 Å². The second-order valence-corrected chi connectivity index (χ2v) is 8.31. The van der Waals surface area contributed by atoms with Crippen molar-refractivity contribution in [3.63, 3.8) is 0 Å². The summed E-state index contributed by atoms with van der Waals surface area (Å²) in [5, 5.41) is 8.66. The highest BCUT2D eigenvalue weighted by Gasteiger charge is 2.21. The van der Waals surface area contributed by atoms with Crippen LogP contribution in [0.3, 0.4) is 0 Å². The zero-order chi connectivity index (χ0) is 15.8. The number of carbonyl (C=O) groups excluding carboxylic acids is 2. The van der Waals surface area contributed by atoms with E-state index in [0.29, 0.717) is 18.6 Å². The molecule has 7 heteroatoms. The molecule has 0 heterocycles. The van der Waals surface area contributed by atoms with Crippen molar-refractivity contribution in [1.29, 1.82) is 0 Å². The van der Waals surface area contributed by atoms with Crippen LogP contribution in [0.1, 0.15) is 40.0 Å². The predicted molar refractivity (Wildman–Crippen MR) is 83.9 cm³/mol. The van der Waals surface area contributed by atoms with Gasteiger partial charge in [-0.05, 0) is 27.2 Å². The van der Waals surface area contributed by atoms with Gasteiger partial charge >= 0.3 is 5.97 Å². The van der Waals surface area contributed by atoms with Crippen molar-refractivity contribution >= 4 is 39.8 Å². The third-order valence-corrected chi connectivity index (χ3v) is 6.18. The monoisotopic (exact) mass is 321 g/mol. The Morgan fingerprint density at radius 3 is 2.45 bits per heavy atom. The number of likely N-dealkylation sites (N-methyl/N-ethyl adjacent to an activating group) is 1. The maximum atomic E-state index is 11.7. The second-order valence-electron chi connectivity index (χ2n) is 5.19. The van der Waals surface area contributed by atoms with E-state index in [2.05, 4.69) is 0 Å². The molecule has 0 aromatic rings. The molecule has 0 fully saturated rings. The maximum absolute atomic E-state index is 11.7. The Kier molecular flexibility index (Phi) is 8.96. The molecule has 0 aromatic carbocycles. The van der Waals surface area contributed by atoms with Crippen LogP contribution in [0.15, 0.2) is 0 Å². The van der Waals surface area contributed by atoms with E-state index in [-0.39, 0.29) is 17.1 Å². The van der Waals surface area contributed by atoms with Crippen molar-refractivity contribution in [3.8, 4) is 0 Å². The van der Waals surface area contributed by atoms with Gasteiger partial charge in [-0.3, -0.25) is 9.59 Å². The number of hydrogen-bond acceptors (Lipinski definition) is 5. The zero-order valence-electron chi connectivity index (χ0n) is 12.4. The average Bonchev–Trinajstić information content (AvgIpc) is 2.39. The first-order chi connectivity index (χ1) is 9.19. The number of carboxylic acids is 1. The minimum absolute atomic E-state index is 0.0546. The summed E-state index contributed by atoms with van der Waals surface area (Å²) in [5.74, 6) is -0.194. The van der Waals surface area contributed by atoms with Crippen LogP contribution in [0.2, 0.25) is 0 Å². The lowest BCUT2D eigenvalue weighted by Crippen LogP contribution is -2.36. The number of nitrogens with zero attached hydrogens (tertiary/aromatic N) is 1. The van der Waals surface area contributed by atoms with E-state index in [1.165, 1.54) is 4.90 Å². The molecule has 0 bridgehead atoms. The van der Waals surface area contributed by atoms with E-state index < -0.39 is 12.0 Å². The van der Waals surface area contributed by atoms with Crippen molar-refractivity contribution in [2.45, 2.75) is 50.8 Å². The molecule has 0 radical (unpaired) electrons. The molecular weight excluding hydrogens is 298 g/mol. The fourth-order valence-corrected chi connectivity index (χ4v) is 3.83. The van der Waals surface area contributed by atoms with Gasteiger partial charge in [0.25, 0.3) is 0 Å². The van der Waals surface area contributed by atoms with Gasteiger partial charge in [0.15, 0.2) is 0 Å². The normalized spacial score (nSPS) is 12.8. The van der Waals surface area contributed by atoms with Gasteiger partial charge in [0.1, 0.15) is 6.29 Å². The lowest BCUT2D eigenvalue weighted by Gasteiger charge is -2.23. The predicted octanol–water partition coefficient (Wildman–Crippen LogP) is 2.45. The van der Waals surface area contributed by atoms with Crippen molar-refractivity contribution in [2.24, 2.45) is 0 Å². The molecule has 20 heavy (non-hydrogen) atoms. The van der Waals surface area contributed by atoms with Gasteiger partial charge < -0.3 is 14.8 Å². The molecule has 0 spiro atoms. The van der Waals surface area contributed by atoms with Crippen LogP contribution in [-0.4, -0.2) is 51.8 Å². The Morgan fingerprint density at radius 2 is 1.95 bits per heavy atom. The Morgan fingerprint density at radius 1 is 1.35 bits per heavy atom. The fraction of sp³-hybridized carbons (Fsp3) is 0.769. The lowest BCUT2D eigenvalue weighted by atomic mass is 10.1. The highest BCUT2D eigenvalue weighted by Crippen LogP contribution is 2.39. The van der Waals surface area contributed by atoms with Crippen LogP contribution in [-0.2, 0) is 14.4 Å². The van der Waals surface area contributed by atoms with E-state index in [4.69, 9.17) is 5.11 Å². The van der Waals surface area contributed by atoms with E-state index in [1.54, 1.807) is 35.6 Å². The second kappa shape index (κ2) is 9.28. The molecule has 0 saturated heterocycles. The number of carboxylic acid groups (broad SMARTS) is 1. The number of aliphatic carboxylic acids is 1. The molecule has 1 amide bonds. The molecule has 1 atom stereocenters. The molecule has 0 aliphatic carbocycles. The Labute approximate surface area is 128 Å². The highest BCUT2D eigenvalue weighted by molar-refractivity contribution is 8.77. The molecule has 0 aromatic heterocycles. The van der Waals surface area contributed by atoms with E-state index in [0.717, 1.165) is 6.29 Å². The number of carbonyl (C=O) groups is 3. The van der Waals surface area contributed by atoms with Crippen LogP contribution in [0.5, 0.6) is 0 Å². The zero-order valence-corrected chi connectivity index (χ0v) is 14.1. The highest BCUT2D eigenvalue weighted by atomic mass is 33.1. The van der Waals surface area contributed by atoms with Crippen molar-refractivity contribution < 1.29 is 19.5 Å². The standard InChI is InChI=1S/C13H23NO4S2/c1-10(9-15)14(4)11(16)6-8-19-20-13(2,3)7-5-12(17)18/h9-10H,5-8H2,1-4H3,(H,17,18). The quantitative estimate of drug-likeness (QED) is 0.378. The minimum Gasteiger partial charge on any atom is -0.481 e. The topological polar surface area (TPSA) is 74.7 Å². The van der Waals surface area contributed by atoms with Crippen LogP contribution in [0.4, 0.5) is 0 Å². The Hall–Kier alpha value is -0.690. The Bertz CT molecular complexity index is 347. The molecule has 5 nitrogen and oxygen atoms in total. The summed E-state index contributed by atoms with van der Waals surface area (Å²) in [6.07, 6.45) is 1.87. The molecule has 1 unspecified atom stereocenters. The van der Waals surface area contributed by atoms with Gasteiger partial charge in [0, 0.05) is 30.4 Å². The molecule has 0 rings (SSSR count). The first-order valence-corrected chi connectivity index (χ1v) is 8.75. The van der Waals surface area contributed by atoms with Gasteiger partial charge in [-0.2, -0.15) is 0 Å². The smallest absolute Gasteiger partial charge is 0.303 e. The summed E-state index contributed by atoms with van der Waals surface area (Å²) in [5.41, 5.74) is 0. The summed E-state index contributed by atoms with van der Waals surface area (Å²) >= 11 is 0. The SMILES string of the molecule is CC(C=O)N(C)C(=O)CCSSC(C)(C)CCC(=O)O. The maximum Gasteiger partial charge on any atom is 0.303 e. The lowest BCUT2D eigenvalue weighted by molar-refractivity contribution is -0.137. The van der Waals surface area contributed by atoms with Crippen molar-refractivity contribution in [1.82, 2.24) is 4.90 Å². The fourth-order valence-electron chi connectivity index (χ4n) is 1.27. The van der Waals surface area contributed by atoms with Gasteiger partial charge in [-0.1, -0.05) is 21.6 Å². The van der Waals surface area contributed by atoms with Crippen LogP contribution in [0, 0.1) is 0 Å². The van der Waals surface area contributed by atoms with Crippen LogP contribution >= 0.6 is 21.6 Å². The molecule has 0 aliphatic heterocycles. The van der Waals surface area contributed by atoms with E-state index in [9.17, 15) is 14.4 Å². The van der Waals surface area contributed by atoms with Gasteiger partial charge in [0.05, 0.1) is 6.04 Å². The number of rotatable bonds is 10. The van der Waals surface area contributed by atoms with Gasteiger partial charge in [-0.15, -0.1) is 0 Å². The van der Waals surface area contributed by atoms with Crippen LogP contribution < -0.4 is 0 Å². The molecular formula is C13H23NO4S2.